The predicted octanol–water partition coefficient (Wildman–Crippen LogP) is 1.83. The van der Waals surface area contributed by atoms with Gasteiger partial charge in [-0.3, -0.25) is 14.4 Å². The number of aromatic amines is 1. The summed E-state index contributed by atoms with van der Waals surface area (Å²) in [6.45, 7) is 5.33. The van der Waals surface area contributed by atoms with E-state index < -0.39 is 6.04 Å². The SMILES string of the molecule is Cc1cc(C)c(CNC(=O)[C@H](C)NC(=O)/C=C/c2ccccc2)c(=O)[nH]1. The average Bonchev–Trinajstić information content (AvgIpc) is 2.59. The van der Waals surface area contributed by atoms with Gasteiger partial charge in [-0.05, 0) is 44.0 Å². The molecule has 2 aromatic rings. The third-order valence-electron chi connectivity index (χ3n) is 3.91. The van der Waals surface area contributed by atoms with Crippen molar-refractivity contribution in [3.8, 4) is 0 Å². The first kappa shape index (κ1) is 19.2. The number of amides is 2. The van der Waals surface area contributed by atoms with Crippen LogP contribution in [0.3, 0.4) is 0 Å². The Hall–Kier alpha value is -3.15. The van der Waals surface area contributed by atoms with Crippen LogP contribution in [0.2, 0.25) is 0 Å². The molecule has 0 fully saturated rings. The van der Waals surface area contributed by atoms with Crippen molar-refractivity contribution in [1.29, 1.82) is 0 Å². The highest BCUT2D eigenvalue weighted by Crippen LogP contribution is 2.03. The van der Waals surface area contributed by atoms with Crippen LogP contribution in [0, 0.1) is 13.8 Å². The predicted molar refractivity (Wildman–Crippen MR) is 101 cm³/mol. The van der Waals surface area contributed by atoms with Gasteiger partial charge in [-0.15, -0.1) is 0 Å². The van der Waals surface area contributed by atoms with E-state index in [2.05, 4.69) is 15.6 Å². The van der Waals surface area contributed by atoms with Crippen LogP contribution in [0.1, 0.15) is 29.3 Å². The molecule has 0 spiro atoms. The molecule has 0 aliphatic heterocycles. The largest absolute Gasteiger partial charge is 0.350 e. The molecule has 2 rings (SSSR count). The monoisotopic (exact) mass is 353 g/mol. The Morgan fingerprint density at radius 3 is 2.54 bits per heavy atom. The Labute approximate surface area is 152 Å². The number of nitrogens with one attached hydrogen (secondary N) is 3. The fourth-order valence-corrected chi connectivity index (χ4v) is 2.49. The fraction of sp³-hybridized carbons (Fsp3) is 0.250. The molecule has 2 amide bonds. The van der Waals surface area contributed by atoms with Crippen molar-refractivity contribution < 1.29 is 9.59 Å². The summed E-state index contributed by atoms with van der Waals surface area (Å²) in [5.41, 5.74) is 2.77. The summed E-state index contributed by atoms with van der Waals surface area (Å²) in [4.78, 5) is 38.7. The molecule has 0 bridgehead atoms. The summed E-state index contributed by atoms with van der Waals surface area (Å²) in [5, 5.41) is 5.28. The van der Waals surface area contributed by atoms with Crippen LogP contribution < -0.4 is 16.2 Å². The number of hydrogen-bond donors (Lipinski definition) is 3. The molecule has 0 saturated heterocycles. The lowest BCUT2D eigenvalue weighted by molar-refractivity contribution is -0.126. The van der Waals surface area contributed by atoms with E-state index in [0.717, 1.165) is 16.8 Å². The van der Waals surface area contributed by atoms with Gasteiger partial charge in [-0.25, -0.2) is 0 Å². The van der Waals surface area contributed by atoms with Gasteiger partial charge in [0, 0.05) is 23.9 Å². The van der Waals surface area contributed by atoms with Crippen molar-refractivity contribution >= 4 is 17.9 Å². The Morgan fingerprint density at radius 2 is 1.88 bits per heavy atom. The van der Waals surface area contributed by atoms with E-state index in [1.165, 1.54) is 6.08 Å². The number of aromatic nitrogens is 1. The molecule has 0 radical (unpaired) electrons. The molecule has 6 nitrogen and oxygen atoms in total. The smallest absolute Gasteiger partial charge is 0.253 e. The van der Waals surface area contributed by atoms with Gasteiger partial charge < -0.3 is 15.6 Å². The zero-order chi connectivity index (χ0) is 19.1. The van der Waals surface area contributed by atoms with Crippen molar-refractivity contribution in [1.82, 2.24) is 15.6 Å². The molecule has 6 heteroatoms. The number of pyridine rings is 1. The second-order valence-electron chi connectivity index (χ2n) is 6.14. The van der Waals surface area contributed by atoms with Gasteiger partial charge in [0.15, 0.2) is 0 Å². The number of benzene rings is 1. The molecule has 0 aliphatic rings. The molecule has 1 aromatic carbocycles. The topological polar surface area (TPSA) is 91.1 Å². The Bertz CT molecular complexity index is 870. The highest BCUT2D eigenvalue weighted by molar-refractivity contribution is 5.95. The highest BCUT2D eigenvalue weighted by atomic mass is 16.2. The molecule has 0 unspecified atom stereocenters. The van der Waals surface area contributed by atoms with Crippen LogP contribution in [-0.2, 0) is 16.1 Å². The molecule has 136 valence electrons. The van der Waals surface area contributed by atoms with Crippen molar-refractivity contribution in [3.05, 3.63) is 75.2 Å². The van der Waals surface area contributed by atoms with E-state index in [0.29, 0.717) is 5.56 Å². The van der Waals surface area contributed by atoms with Gasteiger partial charge in [0.2, 0.25) is 11.8 Å². The van der Waals surface area contributed by atoms with E-state index in [-0.39, 0.29) is 23.9 Å². The number of H-pyrrole nitrogens is 1. The normalized spacial score (nSPS) is 12.0. The van der Waals surface area contributed by atoms with Gasteiger partial charge in [0.05, 0.1) is 0 Å². The van der Waals surface area contributed by atoms with E-state index in [9.17, 15) is 14.4 Å². The fourth-order valence-electron chi connectivity index (χ4n) is 2.49. The Kier molecular flexibility index (Phi) is 6.49. The maximum absolute atomic E-state index is 12.2. The molecule has 1 heterocycles. The number of aryl methyl sites for hydroxylation is 2. The summed E-state index contributed by atoms with van der Waals surface area (Å²) in [6.07, 6.45) is 3.06. The average molecular weight is 353 g/mol. The highest BCUT2D eigenvalue weighted by Gasteiger charge is 2.15. The van der Waals surface area contributed by atoms with Crippen molar-refractivity contribution in [2.75, 3.05) is 0 Å². The first-order valence-corrected chi connectivity index (χ1v) is 8.37. The summed E-state index contributed by atoms with van der Waals surface area (Å²) in [7, 11) is 0. The van der Waals surface area contributed by atoms with Gasteiger partial charge in [0.1, 0.15) is 6.04 Å². The molecule has 1 atom stereocenters. The molecule has 0 saturated carbocycles. The number of hydrogen-bond acceptors (Lipinski definition) is 3. The van der Waals surface area contributed by atoms with Gasteiger partial charge in [-0.1, -0.05) is 30.3 Å². The zero-order valence-electron chi connectivity index (χ0n) is 15.1. The first-order chi connectivity index (χ1) is 12.4. The van der Waals surface area contributed by atoms with E-state index in [1.54, 1.807) is 19.9 Å². The second kappa shape index (κ2) is 8.80. The lowest BCUT2D eigenvalue weighted by Gasteiger charge is -2.13. The van der Waals surface area contributed by atoms with Crippen LogP contribution in [0.25, 0.3) is 6.08 Å². The van der Waals surface area contributed by atoms with Gasteiger partial charge in [-0.2, -0.15) is 0 Å². The van der Waals surface area contributed by atoms with Crippen LogP contribution in [0.15, 0.2) is 47.3 Å². The van der Waals surface area contributed by atoms with E-state index in [4.69, 9.17) is 0 Å². The Morgan fingerprint density at radius 1 is 1.19 bits per heavy atom. The lowest BCUT2D eigenvalue weighted by Crippen LogP contribution is -2.44. The van der Waals surface area contributed by atoms with Gasteiger partial charge in [0.25, 0.3) is 5.56 Å². The van der Waals surface area contributed by atoms with Crippen LogP contribution in [0.5, 0.6) is 0 Å². The van der Waals surface area contributed by atoms with Crippen molar-refractivity contribution in [3.63, 3.8) is 0 Å². The molecular weight excluding hydrogens is 330 g/mol. The van der Waals surface area contributed by atoms with Crippen LogP contribution in [0.4, 0.5) is 0 Å². The minimum Gasteiger partial charge on any atom is -0.350 e. The minimum atomic E-state index is -0.715. The first-order valence-electron chi connectivity index (χ1n) is 8.37. The van der Waals surface area contributed by atoms with Gasteiger partial charge >= 0.3 is 0 Å². The summed E-state index contributed by atoms with van der Waals surface area (Å²) >= 11 is 0. The van der Waals surface area contributed by atoms with Crippen LogP contribution in [-0.4, -0.2) is 22.8 Å². The van der Waals surface area contributed by atoms with E-state index in [1.807, 2.05) is 43.3 Å². The quantitative estimate of drug-likeness (QED) is 0.692. The number of carbonyl (C=O) groups is 2. The summed E-state index contributed by atoms with van der Waals surface area (Å²) in [5.74, 6) is -0.716. The maximum atomic E-state index is 12.2. The zero-order valence-corrected chi connectivity index (χ0v) is 15.1. The van der Waals surface area contributed by atoms with E-state index >= 15 is 0 Å². The standard InChI is InChI=1S/C20H23N3O3/c1-13-11-14(2)22-20(26)17(13)12-21-19(25)15(3)23-18(24)10-9-16-7-5-4-6-8-16/h4-11,15H,12H2,1-3H3,(H,21,25)(H,22,26)(H,23,24)/b10-9+/t15-/m0/s1. The third kappa shape index (κ3) is 5.44. The summed E-state index contributed by atoms with van der Waals surface area (Å²) in [6, 6.07) is 10.5. The maximum Gasteiger partial charge on any atom is 0.253 e. The third-order valence-corrected chi connectivity index (χ3v) is 3.91. The molecule has 1 aromatic heterocycles. The molecule has 3 N–H and O–H groups in total. The number of rotatable bonds is 6. The minimum absolute atomic E-state index is 0.111. The second-order valence-corrected chi connectivity index (χ2v) is 6.14. The summed E-state index contributed by atoms with van der Waals surface area (Å²) < 4.78 is 0. The molecule has 0 aliphatic carbocycles. The van der Waals surface area contributed by atoms with Crippen molar-refractivity contribution in [2.45, 2.75) is 33.4 Å². The Balaban J connectivity index is 1.89. The molecule has 26 heavy (non-hydrogen) atoms. The lowest BCUT2D eigenvalue weighted by atomic mass is 10.1. The number of carbonyl (C=O) groups excluding carboxylic acids is 2. The van der Waals surface area contributed by atoms with Crippen molar-refractivity contribution in [2.24, 2.45) is 0 Å². The molecular formula is C20H23N3O3. The van der Waals surface area contributed by atoms with Crippen LogP contribution >= 0.6 is 0 Å².